The van der Waals surface area contributed by atoms with Gasteiger partial charge in [0.1, 0.15) is 11.5 Å². The average molecular weight is 416 g/mol. The Morgan fingerprint density at radius 1 is 0.741 bits per heavy atom. The van der Waals surface area contributed by atoms with Crippen molar-refractivity contribution in [3.63, 3.8) is 0 Å². The van der Waals surface area contributed by atoms with Crippen LogP contribution in [0.1, 0.15) is 11.1 Å². The maximum atomic E-state index is 10.3. The number of carbonyl (C=O) groups is 2. The Morgan fingerprint density at radius 2 is 1.00 bits per heavy atom. The summed E-state index contributed by atoms with van der Waals surface area (Å²) in [5.74, 6) is -2.25. The van der Waals surface area contributed by atoms with Gasteiger partial charge in [0.05, 0.1) is 11.9 Å². The van der Waals surface area contributed by atoms with Crippen LogP contribution in [-0.2, 0) is 39.5 Å². The summed E-state index contributed by atoms with van der Waals surface area (Å²) < 4.78 is 0. The zero-order valence-electron chi connectivity index (χ0n) is 14.2. The topological polar surface area (TPSA) is 173 Å². The van der Waals surface area contributed by atoms with E-state index in [-0.39, 0.29) is 41.4 Å². The minimum Gasteiger partial charge on any atom is -0.548 e. The van der Waals surface area contributed by atoms with Gasteiger partial charge in [0.2, 0.25) is 0 Å². The van der Waals surface area contributed by atoms with Gasteiger partial charge < -0.3 is 41.5 Å². The fraction of sp³-hybridized carbons (Fsp3) is 0.222. The van der Waals surface area contributed by atoms with Crippen molar-refractivity contribution >= 4 is 11.9 Å². The Balaban J connectivity index is 0.000000483. The van der Waals surface area contributed by atoms with Gasteiger partial charge in [-0.15, -0.1) is 0 Å². The van der Waals surface area contributed by atoms with Gasteiger partial charge in [-0.25, -0.2) is 0 Å². The maximum absolute atomic E-state index is 10.3. The van der Waals surface area contributed by atoms with Crippen LogP contribution in [0.3, 0.4) is 0 Å². The van der Waals surface area contributed by atoms with Crippen molar-refractivity contribution in [2.45, 2.75) is 24.9 Å². The SMILES string of the molecule is N[C@@H](Cc1ccc(O)cc1)C(=O)[O-].N[C@@H](Cc1ccc(O)cc1)C(=O)[O-].[Fe+2]. The number of phenols is 2. The van der Waals surface area contributed by atoms with Gasteiger partial charge in [0, 0.05) is 12.1 Å². The van der Waals surface area contributed by atoms with Crippen molar-refractivity contribution in [2.75, 3.05) is 0 Å². The predicted molar refractivity (Wildman–Crippen MR) is 89.6 cm³/mol. The van der Waals surface area contributed by atoms with Crippen LogP contribution in [0.15, 0.2) is 48.5 Å². The molecule has 0 spiro atoms. The van der Waals surface area contributed by atoms with E-state index in [9.17, 15) is 19.8 Å². The molecule has 2 aromatic rings. The Labute approximate surface area is 166 Å². The number of nitrogens with two attached hydrogens (primary N) is 2. The van der Waals surface area contributed by atoms with Crippen molar-refractivity contribution < 1.29 is 47.1 Å². The molecule has 2 aromatic carbocycles. The van der Waals surface area contributed by atoms with Crippen molar-refractivity contribution in [1.29, 1.82) is 0 Å². The van der Waals surface area contributed by atoms with Crippen LogP contribution in [0, 0.1) is 0 Å². The molecule has 0 radical (unpaired) electrons. The molecule has 146 valence electrons. The van der Waals surface area contributed by atoms with E-state index in [1.807, 2.05) is 0 Å². The number of carboxylic acids is 2. The molecule has 0 saturated heterocycles. The third kappa shape index (κ3) is 9.62. The molecule has 6 N–H and O–H groups in total. The first kappa shape index (κ1) is 24.4. The van der Waals surface area contributed by atoms with Crippen molar-refractivity contribution in [3.05, 3.63) is 59.7 Å². The molecule has 2 atom stereocenters. The van der Waals surface area contributed by atoms with E-state index in [0.717, 1.165) is 11.1 Å². The second-order valence-electron chi connectivity index (χ2n) is 5.59. The van der Waals surface area contributed by atoms with E-state index in [1.165, 1.54) is 24.3 Å². The van der Waals surface area contributed by atoms with Gasteiger partial charge in [-0.1, -0.05) is 24.3 Å². The van der Waals surface area contributed by atoms with E-state index in [2.05, 4.69) is 0 Å². The summed E-state index contributed by atoms with van der Waals surface area (Å²) >= 11 is 0. The van der Waals surface area contributed by atoms with E-state index < -0.39 is 24.0 Å². The largest absolute Gasteiger partial charge is 2.00 e. The van der Waals surface area contributed by atoms with Crippen LogP contribution in [0.25, 0.3) is 0 Å². The van der Waals surface area contributed by atoms with Crippen LogP contribution in [-0.4, -0.2) is 34.2 Å². The molecule has 0 heterocycles. The van der Waals surface area contributed by atoms with Gasteiger partial charge in [-0.05, 0) is 48.2 Å². The predicted octanol–water partition coefficient (Wildman–Crippen LogP) is -1.98. The molecule has 0 bridgehead atoms. The minimum absolute atomic E-state index is 0. The van der Waals surface area contributed by atoms with Gasteiger partial charge in [-0.2, -0.15) is 0 Å². The normalized spacial score (nSPS) is 11.9. The van der Waals surface area contributed by atoms with E-state index in [0.29, 0.717) is 0 Å². The van der Waals surface area contributed by atoms with E-state index in [4.69, 9.17) is 21.7 Å². The molecule has 0 aliphatic carbocycles. The van der Waals surface area contributed by atoms with Crippen LogP contribution < -0.4 is 21.7 Å². The van der Waals surface area contributed by atoms with E-state index in [1.54, 1.807) is 24.3 Å². The number of phenolic OH excluding ortho intramolecular Hbond substituents is 2. The average Bonchev–Trinajstić information content (AvgIpc) is 2.59. The molecule has 0 aliphatic heterocycles. The number of rotatable bonds is 6. The number of carboxylic acid groups (broad SMARTS) is 2. The first-order valence-electron chi connectivity index (χ1n) is 7.67. The number of aromatic hydroxyl groups is 2. The second kappa shape index (κ2) is 11.9. The van der Waals surface area contributed by atoms with Gasteiger partial charge in [-0.3, -0.25) is 0 Å². The summed E-state index contributed by atoms with van der Waals surface area (Å²) in [6.07, 6.45) is 0.422. The third-order valence-corrected chi connectivity index (χ3v) is 3.39. The van der Waals surface area contributed by atoms with Crippen LogP contribution in [0.4, 0.5) is 0 Å². The standard InChI is InChI=1S/2C9H11NO3.Fe/c2*10-8(9(12)13)5-6-1-3-7(11)4-2-6;/h2*1-4,8,11H,5,10H2,(H,12,13);/q;;+2/p-2/t2*8-;/m00./s1. The molecule has 8 nitrogen and oxygen atoms in total. The first-order chi connectivity index (χ1) is 12.2. The second-order valence-corrected chi connectivity index (χ2v) is 5.59. The Bertz CT molecular complexity index is 658. The van der Waals surface area contributed by atoms with Crippen molar-refractivity contribution in [2.24, 2.45) is 11.5 Å². The number of benzene rings is 2. The fourth-order valence-electron chi connectivity index (χ4n) is 1.94. The molecule has 0 amide bonds. The van der Waals surface area contributed by atoms with E-state index >= 15 is 0 Å². The Hall–Kier alpha value is -2.58. The maximum Gasteiger partial charge on any atom is 2.00 e. The molecule has 0 saturated carbocycles. The Morgan fingerprint density at radius 3 is 1.22 bits per heavy atom. The summed E-state index contributed by atoms with van der Waals surface area (Å²) in [6, 6.07) is 10.4. The van der Waals surface area contributed by atoms with Crippen molar-refractivity contribution in [3.8, 4) is 11.5 Å². The van der Waals surface area contributed by atoms with Gasteiger partial charge in [0.25, 0.3) is 0 Å². The number of hydrogen-bond acceptors (Lipinski definition) is 8. The quantitative estimate of drug-likeness (QED) is 0.392. The van der Waals surface area contributed by atoms with Crippen LogP contribution >= 0.6 is 0 Å². The molecular weight excluding hydrogens is 396 g/mol. The summed E-state index contributed by atoms with van der Waals surface area (Å²) in [7, 11) is 0. The number of carbonyl (C=O) groups excluding carboxylic acids is 2. The number of aliphatic carboxylic acids is 2. The zero-order valence-corrected chi connectivity index (χ0v) is 15.3. The summed E-state index contributed by atoms with van der Waals surface area (Å²) in [5.41, 5.74) is 12.0. The first-order valence-corrected chi connectivity index (χ1v) is 7.67. The molecule has 0 fully saturated rings. The third-order valence-electron chi connectivity index (χ3n) is 3.39. The smallest absolute Gasteiger partial charge is 0.548 e. The summed E-state index contributed by atoms with van der Waals surface area (Å²) in [5, 5.41) is 38.5. The Kier molecular flexibility index (Phi) is 10.8. The zero-order chi connectivity index (χ0) is 19.7. The summed E-state index contributed by atoms with van der Waals surface area (Å²) in [4.78, 5) is 20.6. The molecule has 0 aliphatic rings. The molecule has 0 unspecified atom stereocenters. The molecule has 0 aromatic heterocycles. The fourth-order valence-corrected chi connectivity index (χ4v) is 1.94. The van der Waals surface area contributed by atoms with Crippen LogP contribution in [0.5, 0.6) is 11.5 Å². The van der Waals surface area contributed by atoms with Gasteiger partial charge in [0.15, 0.2) is 0 Å². The van der Waals surface area contributed by atoms with Crippen LogP contribution in [0.2, 0.25) is 0 Å². The monoisotopic (exact) mass is 416 g/mol. The molecular formula is C18H20FeN2O6. The summed E-state index contributed by atoms with van der Waals surface area (Å²) in [6.45, 7) is 0. The molecule has 27 heavy (non-hydrogen) atoms. The number of hydrogen-bond donors (Lipinski definition) is 4. The van der Waals surface area contributed by atoms with Crippen molar-refractivity contribution in [1.82, 2.24) is 0 Å². The van der Waals surface area contributed by atoms with Gasteiger partial charge >= 0.3 is 17.1 Å². The molecule has 2 rings (SSSR count). The minimum atomic E-state index is -1.27. The molecule has 9 heteroatoms.